The van der Waals surface area contributed by atoms with Crippen LogP contribution >= 0.6 is 0 Å². The van der Waals surface area contributed by atoms with E-state index in [9.17, 15) is 0 Å². The van der Waals surface area contributed by atoms with Crippen molar-refractivity contribution < 1.29 is 0 Å². The SMILES string of the molecule is CCC1CCC(N2CCCCC2CCNC)C1. The van der Waals surface area contributed by atoms with Crippen LogP contribution in [0.4, 0.5) is 0 Å². The molecule has 1 aliphatic carbocycles. The van der Waals surface area contributed by atoms with Gasteiger partial charge in [0.25, 0.3) is 0 Å². The van der Waals surface area contributed by atoms with Gasteiger partial charge in [-0.15, -0.1) is 0 Å². The lowest BCUT2D eigenvalue weighted by Crippen LogP contribution is -2.46. The average molecular weight is 238 g/mol. The maximum absolute atomic E-state index is 3.32. The van der Waals surface area contributed by atoms with E-state index in [-0.39, 0.29) is 0 Å². The highest BCUT2D eigenvalue weighted by atomic mass is 15.2. The predicted molar refractivity (Wildman–Crippen MR) is 74.3 cm³/mol. The Bertz CT molecular complexity index is 215. The highest BCUT2D eigenvalue weighted by Gasteiger charge is 2.33. The molecule has 2 rings (SSSR count). The molecule has 17 heavy (non-hydrogen) atoms. The van der Waals surface area contributed by atoms with Crippen molar-refractivity contribution in [3.05, 3.63) is 0 Å². The quantitative estimate of drug-likeness (QED) is 0.792. The first kappa shape index (κ1) is 13.4. The average Bonchev–Trinajstić information content (AvgIpc) is 2.85. The molecule has 0 radical (unpaired) electrons. The Balaban J connectivity index is 1.87. The monoisotopic (exact) mass is 238 g/mol. The van der Waals surface area contributed by atoms with E-state index >= 15 is 0 Å². The topological polar surface area (TPSA) is 15.3 Å². The molecule has 0 aromatic heterocycles. The van der Waals surface area contributed by atoms with Gasteiger partial charge in [0.15, 0.2) is 0 Å². The largest absolute Gasteiger partial charge is 0.320 e. The van der Waals surface area contributed by atoms with Crippen LogP contribution in [0.5, 0.6) is 0 Å². The molecule has 3 atom stereocenters. The minimum atomic E-state index is 0.872. The molecule has 1 saturated carbocycles. The van der Waals surface area contributed by atoms with Gasteiger partial charge in [-0.1, -0.05) is 19.8 Å². The molecular weight excluding hydrogens is 208 g/mol. The number of hydrogen-bond donors (Lipinski definition) is 1. The van der Waals surface area contributed by atoms with E-state index in [1.54, 1.807) is 0 Å². The molecule has 1 heterocycles. The van der Waals surface area contributed by atoms with Gasteiger partial charge in [-0.3, -0.25) is 4.90 Å². The summed E-state index contributed by atoms with van der Waals surface area (Å²) in [4.78, 5) is 2.87. The van der Waals surface area contributed by atoms with E-state index in [1.807, 2.05) is 0 Å². The summed E-state index contributed by atoms with van der Waals surface area (Å²) in [5.74, 6) is 1.02. The highest BCUT2D eigenvalue weighted by Crippen LogP contribution is 2.35. The standard InChI is InChI=1S/C15H30N2/c1-3-13-7-8-15(12-13)17-11-5-4-6-14(17)9-10-16-2/h13-16H,3-12H2,1-2H3. The number of nitrogens with one attached hydrogen (secondary N) is 1. The Morgan fingerprint density at radius 1 is 1.18 bits per heavy atom. The van der Waals surface area contributed by atoms with Crippen LogP contribution < -0.4 is 5.32 Å². The normalized spacial score (nSPS) is 35.3. The maximum Gasteiger partial charge on any atom is 0.0110 e. The predicted octanol–water partition coefficient (Wildman–Crippen LogP) is 3.03. The summed E-state index contributed by atoms with van der Waals surface area (Å²) in [6, 6.07) is 1.79. The fraction of sp³-hybridized carbons (Fsp3) is 1.00. The van der Waals surface area contributed by atoms with E-state index in [4.69, 9.17) is 0 Å². The Hall–Kier alpha value is -0.0800. The van der Waals surface area contributed by atoms with Crippen molar-refractivity contribution in [1.82, 2.24) is 10.2 Å². The zero-order valence-corrected chi connectivity index (χ0v) is 11.8. The summed E-state index contributed by atoms with van der Waals surface area (Å²) in [5, 5.41) is 3.32. The molecule has 0 amide bonds. The van der Waals surface area contributed by atoms with Gasteiger partial charge in [-0.2, -0.15) is 0 Å². The van der Waals surface area contributed by atoms with Crippen LogP contribution in [0, 0.1) is 5.92 Å². The van der Waals surface area contributed by atoms with Crippen molar-refractivity contribution >= 4 is 0 Å². The zero-order chi connectivity index (χ0) is 12.1. The summed E-state index contributed by atoms with van der Waals surface area (Å²) >= 11 is 0. The van der Waals surface area contributed by atoms with Crippen LogP contribution in [0.3, 0.4) is 0 Å². The van der Waals surface area contributed by atoms with Crippen LogP contribution in [0.2, 0.25) is 0 Å². The molecule has 1 N–H and O–H groups in total. The minimum absolute atomic E-state index is 0.872. The van der Waals surface area contributed by atoms with Crippen LogP contribution in [0.1, 0.15) is 58.3 Å². The van der Waals surface area contributed by atoms with Gasteiger partial charge in [0.1, 0.15) is 0 Å². The maximum atomic E-state index is 3.32. The van der Waals surface area contributed by atoms with Crippen molar-refractivity contribution in [1.29, 1.82) is 0 Å². The van der Waals surface area contributed by atoms with Gasteiger partial charge in [-0.25, -0.2) is 0 Å². The van der Waals surface area contributed by atoms with Crippen LogP contribution in [-0.2, 0) is 0 Å². The van der Waals surface area contributed by atoms with Gasteiger partial charge in [0.2, 0.25) is 0 Å². The molecule has 0 spiro atoms. The van der Waals surface area contributed by atoms with Gasteiger partial charge >= 0.3 is 0 Å². The second-order valence-corrected chi connectivity index (χ2v) is 6.02. The molecule has 0 bridgehead atoms. The molecule has 2 heteroatoms. The van der Waals surface area contributed by atoms with Crippen molar-refractivity contribution in [2.75, 3.05) is 20.1 Å². The minimum Gasteiger partial charge on any atom is -0.320 e. The lowest BCUT2D eigenvalue weighted by atomic mass is 9.96. The molecular formula is C15H30N2. The Morgan fingerprint density at radius 3 is 2.76 bits per heavy atom. The van der Waals surface area contributed by atoms with Crippen molar-refractivity contribution in [2.24, 2.45) is 5.92 Å². The molecule has 0 aromatic carbocycles. The van der Waals surface area contributed by atoms with E-state index in [2.05, 4.69) is 24.2 Å². The summed E-state index contributed by atoms with van der Waals surface area (Å²) < 4.78 is 0. The van der Waals surface area contributed by atoms with Crippen molar-refractivity contribution in [3.8, 4) is 0 Å². The van der Waals surface area contributed by atoms with E-state index in [0.717, 1.165) is 18.0 Å². The molecule has 100 valence electrons. The molecule has 2 fully saturated rings. The third kappa shape index (κ3) is 3.45. The highest BCUT2D eigenvalue weighted by molar-refractivity contribution is 4.88. The number of rotatable bonds is 5. The smallest absolute Gasteiger partial charge is 0.0110 e. The third-order valence-corrected chi connectivity index (χ3v) is 4.96. The second kappa shape index (κ2) is 6.75. The van der Waals surface area contributed by atoms with Crippen molar-refractivity contribution in [2.45, 2.75) is 70.4 Å². The Kier molecular flexibility index (Phi) is 5.30. The summed E-state index contributed by atoms with van der Waals surface area (Å²) in [5.41, 5.74) is 0. The molecule has 1 saturated heterocycles. The van der Waals surface area contributed by atoms with Crippen LogP contribution in [-0.4, -0.2) is 37.1 Å². The lowest BCUT2D eigenvalue weighted by molar-refractivity contribution is 0.0893. The second-order valence-electron chi connectivity index (χ2n) is 6.02. The van der Waals surface area contributed by atoms with E-state index in [0.29, 0.717) is 0 Å². The van der Waals surface area contributed by atoms with Crippen LogP contribution in [0.15, 0.2) is 0 Å². The molecule has 2 nitrogen and oxygen atoms in total. The molecule has 3 unspecified atom stereocenters. The van der Waals surface area contributed by atoms with E-state index in [1.165, 1.54) is 64.5 Å². The van der Waals surface area contributed by atoms with E-state index < -0.39 is 0 Å². The third-order valence-electron chi connectivity index (χ3n) is 4.96. The van der Waals surface area contributed by atoms with Crippen LogP contribution in [0.25, 0.3) is 0 Å². The van der Waals surface area contributed by atoms with Gasteiger partial charge in [0.05, 0.1) is 0 Å². The summed E-state index contributed by atoms with van der Waals surface area (Å²) in [6.45, 7) is 4.92. The lowest BCUT2D eigenvalue weighted by Gasteiger charge is -2.40. The van der Waals surface area contributed by atoms with Gasteiger partial charge < -0.3 is 5.32 Å². The molecule has 1 aliphatic heterocycles. The fourth-order valence-corrected chi connectivity index (χ4v) is 3.85. The summed E-state index contributed by atoms with van der Waals surface area (Å²) in [7, 11) is 2.08. The first-order valence-electron chi connectivity index (χ1n) is 7.75. The van der Waals surface area contributed by atoms with Crippen molar-refractivity contribution in [3.63, 3.8) is 0 Å². The number of hydrogen-bond acceptors (Lipinski definition) is 2. The number of likely N-dealkylation sites (tertiary alicyclic amines) is 1. The first-order chi connectivity index (χ1) is 8.35. The fourth-order valence-electron chi connectivity index (χ4n) is 3.85. The van der Waals surface area contributed by atoms with Gasteiger partial charge in [0, 0.05) is 12.1 Å². The van der Waals surface area contributed by atoms with Gasteiger partial charge in [-0.05, 0) is 64.6 Å². The Morgan fingerprint density at radius 2 is 2.06 bits per heavy atom. The molecule has 0 aromatic rings. The first-order valence-corrected chi connectivity index (χ1v) is 7.75. The Labute approximate surface area is 107 Å². The number of nitrogens with zero attached hydrogens (tertiary/aromatic N) is 1. The summed E-state index contributed by atoms with van der Waals surface area (Å²) in [6.07, 6.45) is 11.5. The zero-order valence-electron chi connectivity index (χ0n) is 11.8. The molecule has 2 aliphatic rings. The number of piperidine rings is 1.